The summed E-state index contributed by atoms with van der Waals surface area (Å²) in [6, 6.07) is 13.5. The van der Waals surface area contributed by atoms with E-state index >= 15 is 0 Å². The number of sulfone groups is 1. The Morgan fingerprint density at radius 1 is 1.10 bits per heavy atom. The number of rotatable bonds is 10. The Hall–Kier alpha value is -2.92. The van der Waals surface area contributed by atoms with E-state index in [0.717, 1.165) is 18.6 Å². The van der Waals surface area contributed by atoms with Gasteiger partial charge in [0.25, 0.3) is 0 Å². The highest BCUT2D eigenvalue weighted by Crippen LogP contribution is 2.38. The van der Waals surface area contributed by atoms with Crippen LogP contribution in [-0.2, 0) is 25.6 Å². The number of halogens is 3. The Morgan fingerprint density at radius 3 is 2.45 bits per heavy atom. The number of oxime groups is 1. The van der Waals surface area contributed by atoms with Crippen LogP contribution in [0.25, 0.3) is 0 Å². The summed E-state index contributed by atoms with van der Waals surface area (Å²) in [5.74, 6) is -0.919. The van der Waals surface area contributed by atoms with Gasteiger partial charge in [0.15, 0.2) is 9.84 Å². The second kappa shape index (κ2) is 13.2. The van der Waals surface area contributed by atoms with E-state index in [-0.39, 0.29) is 52.3 Å². The largest absolute Gasteiger partial charge is 0.416 e. The molecular formula is C31H40F3N3O4S. The molecule has 11 heteroatoms. The molecular weight excluding hydrogens is 567 g/mol. The molecule has 230 valence electrons. The molecule has 1 unspecified atom stereocenters. The van der Waals surface area contributed by atoms with Crippen molar-refractivity contribution in [3.05, 3.63) is 65.7 Å². The molecule has 2 aromatic rings. The highest BCUT2D eigenvalue weighted by atomic mass is 32.2. The second-order valence-corrected chi connectivity index (χ2v) is 13.7. The first-order valence-electron chi connectivity index (χ1n) is 14.4. The van der Waals surface area contributed by atoms with Crippen molar-refractivity contribution in [1.29, 1.82) is 0 Å². The molecule has 1 saturated carbocycles. The molecule has 2 aliphatic rings. The Labute approximate surface area is 246 Å². The molecule has 1 aliphatic carbocycles. The quantitative estimate of drug-likeness (QED) is 0.258. The van der Waals surface area contributed by atoms with Gasteiger partial charge in [-0.25, -0.2) is 8.42 Å². The summed E-state index contributed by atoms with van der Waals surface area (Å²) in [4.78, 5) is 23.1. The molecule has 0 N–H and O–H groups in total. The average Bonchev–Trinajstić information content (AvgIpc) is 3.31. The first kappa shape index (κ1) is 32.0. The van der Waals surface area contributed by atoms with Crippen molar-refractivity contribution in [2.75, 3.05) is 26.5 Å². The maximum atomic E-state index is 13.8. The fourth-order valence-corrected chi connectivity index (χ4v) is 8.00. The van der Waals surface area contributed by atoms with Crippen molar-refractivity contribution in [2.45, 2.75) is 75.1 Å². The molecule has 42 heavy (non-hydrogen) atoms. The fraction of sp³-hybridized carbons (Fsp3) is 0.548. The minimum Gasteiger partial charge on any atom is -0.399 e. The van der Waals surface area contributed by atoms with E-state index in [1.54, 1.807) is 30.3 Å². The Bertz CT molecular complexity index is 1360. The van der Waals surface area contributed by atoms with Gasteiger partial charge >= 0.3 is 6.18 Å². The fourth-order valence-electron chi connectivity index (χ4n) is 6.32. The normalized spacial score (nSPS) is 24.1. The van der Waals surface area contributed by atoms with Crippen LogP contribution in [0.5, 0.6) is 0 Å². The molecule has 0 aromatic heterocycles. The number of likely N-dealkylation sites (tertiary alicyclic amines) is 1. The zero-order chi connectivity index (χ0) is 30.7. The smallest absolute Gasteiger partial charge is 0.399 e. The summed E-state index contributed by atoms with van der Waals surface area (Å²) in [6.07, 6.45) is -1.70. The minimum atomic E-state index is -4.51. The van der Waals surface area contributed by atoms with Gasteiger partial charge in [-0.15, -0.1) is 0 Å². The van der Waals surface area contributed by atoms with E-state index in [4.69, 9.17) is 4.84 Å². The monoisotopic (exact) mass is 607 g/mol. The third-order valence-corrected chi connectivity index (χ3v) is 10.6. The van der Waals surface area contributed by atoms with E-state index in [9.17, 15) is 26.4 Å². The standard InChI is InChI=1S/C31H40F3N3O4S/c1-21(2)36(3)26-13-14-29(24(18-26)20-42(39,40)27-11-6-5-7-12-27)37-16-15-23(30(37)38)19-28(35-41-4)22-9-8-10-25(17-22)31(32,33)34/h5-12,17,21,23-24,26,29H,13-16,18-20H2,1-4H3/t23?,24-,26+,29-/m0/s1. The molecule has 0 spiro atoms. The van der Waals surface area contributed by atoms with Crippen LogP contribution in [0.15, 0.2) is 64.6 Å². The minimum absolute atomic E-state index is 0.0564. The lowest BCUT2D eigenvalue weighted by Gasteiger charge is -2.44. The van der Waals surface area contributed by atoms with Crippen molar-refractivity contribution in [2.24, 2.45) is 17.0 Å². The first-order valence-corrected chi connectivity index (χ1v) is 16.0. The number of carbonyl (C=O) groups is 1. The SMILES string of the molecule is CON=C(CC1CCN([C@H]2CC[C@@H](N(C)C(C)C)C[C@H]2CS(=O)(=O)c2ccccc2)C1=O)c1cccc(C(F)(F)F)c1. The zero-order valence-corrected chi connectivity index (χ0v) is 25.4. The summed E-state index contributed by atoms with van der Waals surface area (Å²) < 4.78 is 67.0. The Balaban J connectivity index is 1.55. The number of amides is 1. The molecule has 1 aliphatic heterocycles. The van der Waals surface area contributed by atoms with Crippen molar-refractivity contribution in [1.82, 2.24) is 9.80 Å². The van der Waals surface area contributed by atoms with Crippen LogP contribution in [0.4, 0.5) is 13.2 Å². The number of hydrogen-bond acceptors (Lipinski definition) is 6. The molecule has 1 saturated heterocycles. The van der Waals surface area contributed by atoms with Gasteiger partial charge in [-0.05, 0) is 82.3 Å². The maximum absolute atomic E-state index is 13.8. The van der Waals surface area contributed by atoms with Gasteiger partial charge in [0.05, 0.1) is 21.9 Å². The lowest BCUT2D eigenvalue weighted by Crippen LogP contribution is -2.51. The molecule has 2 fully saturated rings. The van der Waals surface area contributed by atoms with E-state index in [1.165, 1.54) is 19.2 Å². The summed E-state index contributed by atoms with van der Waals surface area (Å²) >= 11 is 0. The van der Waals surface area contributed by atoms with Crippen LogP contribution in [0.2, 0.25) is 0 Å². The van der Waals surface area contributed by atoms with Crippen LogP contribution in [0, 0.1) is 11.8 Å². The molecule has 2 aromatic carbocycles. The van der Waals surface area contributed by atoms with Crippen LogP contribution < -0.4 is 0 Å². The van der Waals surface area contributed by atoms with E-state index in [2.05, 4.69) is 31.0 Å². The highest BCUT2D eigenvalue weighted by molar-refractivity contribution is 7.91. The molecule has 1 amide bonds. The number of nitrogens with zero attached hydrogens (tertiary/aromatic N) is 3. The van der Waals surface area contributed by atoms with Crippen LogP contribution in [0.1, 0.15) is 57.1 Å². The van der Waals surface area contributed by atoms with E-state index in [0.29, 0.717) is 31.8 Å². The predicted molar refractivity (Wildman–Crippen MR) is 156 cm³/mol. The summed E-state index contributed by atoms with van der Waals surface area (Å²) in [5, 5.41) is 3.99. The summed E-state index contributed by atoms with van der Waals surface area (Å²) in [7, 11) is -0.210. The van der Waals surface area contributed by atoms with Gasteiger partial charge in [0.1, 0.15) is 7.11 Å². The second-order valence-electron chi connectivity index (χ2n) is 11.7. The average molecular weight is 608 g/mol. The van der Waals surface area contributed by atoms with Crippen molar-refractivity contribution >= 4 is 21.5 Å². The van der Waals surface area contributed by atoms with Crippen molar-refractivity contribution in [3.63, 3.8) is 0 Å². The number of hydrogen-bond donors (Lipinski definition) is 0. The maximum Gasteiger partial charge on any atom is 0.416 e. The molecule has 7 nitrogen and oxygen atoms in total. The Morgan fingerprint density at radius 2 is 1.81 bits per heavy atom. The molecule has 1 heterocycles. The Kier molecular flexibility index (Phi) is 10.0. The highest BCUT2D eigenvalue weighted by Gasteiger charge is 2.44. The topological polar surface area (TPSA) is 79.3 Å². The van der Waals surface area contributed by atoms with Crippen molar-refractivity contribution < 1.29 is 31.2 Å². The van der Waals surface area contributed by atoms with Gasteiger partial charge in [0, 0.05) is 37.0 Å². The van der Waals surface area contributed by atoms with Gasteiger partial charge in [0.2, 0.25) is 5.91 Å². The first-order chi connectivity index (χ1) is 19.8. The zero-order valence-electron chi connectivity index (χ0n) is 24.5. The van der Waals surface area contributed by atoms with E-state index < -0.39 is 27.5 Å². The van der Waals surface area contributed by atoms with Crippen molar-refractivity contribution in [3.8, 4) is 0 Å². The summed E-state index contributed by atoms with van der Waals surface area (Å²) in [5.41, 5.74) is -0.273. The third kappa shape index (κ3) is 7.34. The lowest BCUT2D eigenvalue weighted by atomic mass is 9.80. The van der Waals surface area contributed by atoms with Crippen LogP contribution >= 0.6 is 0 Å². The number of benzene rings is 2. The number of carbonyl (C=O) groups excluding carboxylic acids is 1. The van der Waals surface area contributed by atoms with Crippen LogP contribution in [-0.4, -0.2) is 74.4 Å². The van der Waals surface area contributed by atoms with E-state index in [1.807, 2.05) is 4.90 Å². The van der Waals surface area contributed by atoms with Gasteiger partial charge in [-0.3, -0.25) is 4.79 Å². The molecule has 0 bridgehead atoms. The predicted octanol–water partition coefficient (Wildman–Crippen LogP) is 5.65. The number of alkyl halides is 3. The van der Waals surface area contributed by atoms with Gasteiger partial charge in [-0.1, -0.05) is 35.5 Å². The summed E-state index contributed by atoms with van der Waals surface area (Å²) in [6.45, 7) is 4.68. The van der Waals surface area contributed by atoms with Gasteiger partial charge < -0.3 is 14.6 Å². The molecule has 4 atom stereocenters. The van der Waals surface area contributed by atoms with Crippen LogP contribution in [0.3, 0.4) is 0 Å². The van der Waals surface area contributed by atoms with Gasteiger partial charge in [-0.2, -0.15) is 13.2 Å². The molecule has 0 radical (unpaired) electrons. The third-order valence-electron chi connectivity index (χ3n) is 8.76. The molecule has 4 rings (SSSR count). The lowest BCUT2D eigenvalue weighted by molar-refractivity contribution is -0.137.